The summed E-state index contributed by atoms with van der Waals surface area (Å²) in [5.41, 5.74) is 6.16. The Balaban J connectivity index is 0.000000401. The molecule has 4 aromatic carbocycles. The van der Waals surface area contributed by atoms with Gasteiger partial charge >= 0.3 is 26.2 Å². The summed E-state index contributed by atoms with van der Waals surface area (Å²) < 4.78 is 13.0. The molecule has 0 N–H and O–H groups in total. The molecular formula is C46H69Cl2O2Si3Zr. The zero-order valence-corrected chi connectivity index (χ0v) is 42.3. The van der Waals surface area contributed by atoms with Crippen LogP contribution in [-0.2, 0) is 51.9 Å². The molecule has 1 radical (unpaired) electrons. The predicted octanol–water partition coefficient (Wildman–Crippen LogP) is 5.98. The zero-order valence-electron chi connectivity index (χ0n) is 35.2. The number of fused-ring (bicyclic) bond motifs is 2. The second kappa shape index (κ2) is 23.3. The monoisotopic (exact) mass is 897 g/mol. The molecule has 0 heterocycles. The molecule has 2 nitrogen and oxygen atoms in total. The first-order valence-electron chi connectivity index (χ1n) is 20.1. The van der Waals surface area contributed by atoms with Crippen molar-refractivity contribution in [2.45, 2.75) is 155 Å². The predicted molar refractivity (Wildman–Crippen MR) is 231 cm³/mol. The van der Waals surface area contributed by atoms with E-state index in [1.54, 1.807) is 22.3 Å². The van der Waals surface area contributed by atoms with Crippen LogP contribution in [0.3, 0.4) is 0 Å². The van der Waals surface area contributed by atoms with Crippen LogP contribution in [0.4, 0.5) is 0 Å². The van der Waals surface area contributed by atoms with E-state index in [2.05, 4.69) is 153 Å². The van der Waals surface area contributed by atoms with Crippen molar-refractivity contribution in [2.24, 2.45) is 0 Å². The maximum Gasteiger partial charge on any atom is 4.00 e. The summed E-state index contributed by atoms with van der Waals surface area (Å²) in [4.78, 5) is 0. The van der Waals surface area contributed by atoms with E-state index >= 15 is 0 Å². The minimum absolute atomic E-state index is 0. The van der Waals surface area contributed by atoms with Crippen molar-refractivity contribution in [3.63, 3.8) is 0 Å². The Labute approximate surface area is 367 Å². The van der Waals surface area contributed by atoms with Gasteiger partial charge in [0.2, 0.25) is 16.6 Å². The van der Waals surface area contributed by atoms with Crippen LogP contribution in [0.1, 0.15) is 115 Å². The van der Waals surface area contributed by atoms with Crippen LogP contribution in [0.25, 0.3) is 0 Å². The maximum atomic E-state index is 6.51. The van der Waals surface area contributed by atoms with Crippen molar-refractivity contribution in [3.05, 3.63) is 107 Å². The Morgan fingerprint density at radius 2 is 0.907 bits per heavy atom. The molecule has 54 heavy (non-hydrogen) atoms. The summed E-state index contributed by atoms with van der Waals surface area (Å²) >= 11 is 0. The number of hydrogen-bond acceptors (Lipinski definition) is 2. The van der Waals surface area contributed by atoms with Gasteiger partial charge in [-0.25, -0.2) is 0 Å². The second-order valence-electron chi connectivity index (χ2n) is 17.4. The number of rotatable bonds is 12. The fourth-order valence-electron chi connectivity index (χ4n) is 7.46. The number of aryl methyl sites for hydroxylation is 4. The molecule has 0 saturated carbocycles. The summed E-state index contributed by atoms with van der Waals surface area (Å²) in [6, 6.07) is 30.6. The molecule has 2 aliphatic rings. The van der Waals surface area contributed by atoms with E-state index in [0.29, 0.717) is 10.1 Å². The van der Waals surface area contributed by atoms with Gasteiger partial charge in [0, 0.05) is 0 Å². The molecule has 8 heteroatoms. The third-order valence-electron chi connectivity index (χ3n) is 12.1. The molecule has 6 rings (SSSR count). The molecule has 0 saturated heterocycles. The second-order valence-corrected chi connectivity index (χ2v) is 28.1. The summed E-state index contributed by atoms with van der Waals surface area (Å²) in [5, 5.41) is 3.57. The van der Waals surface area contributed by atoms with Crippen LogP contribution < -0.4 is 44.0 Å². The number of hydrogen-bond donors (Lipinski definition) is 0. The van der Waals surface area contributed by atoms with Gasteiger partial charge < -0.3 is 33.7 Å². The molecule has 0 spiro atoms. The molecule has 4 aromatic rings. The molecule has 0 atom stereocenters. The van der Waals surface area contributed by atoms with Crippen molar-refractivity contribution in [3.8, 4) is 11.5 Å². The smallest absolute Gasteiger partial charge is 1.00 e. The minimum atomic E-state index is -1.71. The van der Waals surface area contributed by atoms with E-state index in [1.165, 1.54) is 87.4 Å². The van der Waals surface area contributed by atoms with Crippen molar-refractivity contribution in [1.29, 1.82) is 0 Å². The van der Waals surface area contributed by atoms with Crippen molar-refractivity contribution in [1.82, 2.24) is 0 Å². The van der Waals surface area contributed by atoms with E-state index < -0.39 is 16.6 Å². The quantitative estimate of drug-likeness (QED) is 0.129. The Kier molecular flexibility index (Phi) is 22.0. The topological polar surface area (TPSA) is 18.5 Å². The maximum absolute atomic E-state index is 6.51. The van der Waals surface area contributed by atoms with Gasteiger partial charge in [0.1, 0.15) is 9.52 Å². The zero-order chi connectivity index (χ0) is 37.1. The fourth-order valence-corrected chi connectivity index (χ4v) is 12.3. The molecule has 0 aliphatic heterocycles. The van der Waals surface area contributed by atoms with Gasteiger partial charge in [-0.2, -0.15) is 34.4 Å². The molecule has 0 amide bonds. The first-order chi connectivity index (χ1) is 24.2. The summed E-state index contributed by atoms with van der Waals surface area (Å²) in [6.45, 7) is 23.5. The van der Waals surface area contributed by atoms with Crippen LogP contribution in [0.2, 0.25) is 36.3 Å². The largest absolute Gasteiger partial charge is 4.00 e. The van der Waals surface area contributed by atoms with Gasteiger partial charge in [-0.15, -0.1) is 12.1 Å². The third kappa shape index (κ3) is 14.7. The average Bonchev–Trinajstić information content (AvgIpc) is 3.68. The van der Waals surface area contributed by atoms with Crippen LogP contribution in [0.5, 0.6) is 11.5 Å². The number of benzene rings is 2. The van der Waals surface area contributed by atoms with Crippen molar-refractivity contribution < 1.29 is 59.9 Å². The SMILES string of the molecule is CCCC(C)(C)[Si](C)(C)Oc1cc2c([cH-]1)CCCC2.CCCC(C)(C)[Si](C)(C)Oc1cc2c([cH-]1)CCCC2.[Cl-].[Cl-].[Zr+4].c1ccc([SiH]c2ccccc2)cc1. The van der Waals surface area contributed by atoms with E-state index in [1.807, 2.05) is 0 Å². The first kappa shape index (κ1) is 50.9. The summed E-state index contributed by atoms with van der Waals surface area (Å²) in [5.74, 6) is 2.29. The Hall–Kier alpha value is -1.15. The normalized spacial score (nSPS) is 13.8. The van der Waals surface area contributed by atoms with E-state index in [-0.39, 0.29) is 60.5 Å². The molecule has 0 aromatic heterocycles. The third-order valence-corrected chi connectivity index (χ3v) is 22.0. The molecule has 2 aliphatic carbocycles. The van der Waals surface area contributed by atoms with Crippen LogP contribution in [0, 0.1) is 0 Å². The van der Waals surface area contributed by atoms with E-state index in [9.17, 15) is 0 Å². The molecular weight excluding hydrogens is 831 g/mol. The number of halogens is 2. The molecule has 0 unspecified atom stereocenters. The van der Waals surface area contributed by atoms with Gasteiger partial charge in [-0.1, -0.05) is 177 Å². The fraction of sp³-hybridized carbons (Fsp3) is 0.522. The molecule has 0 bridgehead atoms. The molecule has 295 valence electrons. The summed E-state index contributed by atoms with van der Waals surface area (Å²) in [7, 11) is -3.14. The molecule has 0 fully saturated rings. The van der Waals surface area contributed by atoms with Crippen LogP contribution in [-0.4, -0.2) is 26.2 Å². The van der Waals surface area contributed by atoms with E-state index in [0.717, 1.165) is 11.5 Å². The van der Waals surface area contributed by atoms with Crippen molar-refractivity contribution >= 4 is 36.5 Å². The first-order valence-corrected chi connectivity index (χ1v) is 27.0. The van der Waals surface area contributed by atoms with E-state index in [4.69, 9.17) is 8.85 Å². The summed E-state index contributed by atoms with van der Waals surface area (Å²) in [6.07, 6.45) is 15.4. The average molecular weight is 900 g/mol. The van der Waals surface area contributed by atoms with Crippen LogP contribution >= 0.6 is 0 Å². The Morgan fingerprint density at radius 1 is 0.574 bits per heavy atom. The van der Waals surface area contributed by atoms with Gasteiger partial charge in [0.05, 0.1) is 0 Å². The standard InChI is InChI=1S/2C17H29OSi.C12H11Si.2ClH.Zr/c2*1-6-11-17(2,3)19(4,5)18-16-12-14-9-7-8-10-15(14)13-16;1-3-7-11(8-4-1)13-12-9-5-2-6-10-12;;;/h2*12-13H,6-11H2,1-5H3;1-10,13H;2*1H;/q2*-1;;;;+4/p-2. The minimum Gasteiger partial charge on any atom is -1.00 e. The van der Waals surface area contributed by atoms with Gasteiger partial charge in [-0.3, -0.25) is 0 Å². The Morgan fingerprint density at radius 3 is 1.22 bits per heavy atom. The Bertz CT molecular complexity index is 1450. The van der Waals surface area contributed by atoms with Crippen molar-refractivity contribution in [2.75, 3.05) is 0 Å². The van der Waals surface area contributed by atoms with Crippen LogP contribution in [0.15, 0.2) is 84.9 Å². The van der Waals surface area contributed by atoms with Gasteiger partial charge in [-0.05, 0) is 60.6 Å². The van der Waals surface area contributed by atoms with Gasteiger partial charge in [0.25, 0.3) is 0 Å². The van der Waals surface area contributed by atoms with Gasteiger partial charge in [0.15, 0.2) is 0 Å².